The number of para-hydroxylation sites is 3. The molecule has 4 heterocycles. The van der Waals surface area contributed by atoms with Crippen molar-refractivity contribution in [3.63, 3.8) is 0 Å². The minimum atomic E-state index is -0.153. The molecule has 0 atom stereocenters. The van der Waals surface area contributed by atoms with Crippen LogP contribution in [0.2, 0.25) is 0 Å². The summed E-state index contributed by atoms with van der Waals surface area (Å²) in [6, 6.07) is 63.6. The average Bonchev–Trinajstić information content (AvgIpc) is 1.99. The Kier molecular flexibility index (Phi) is 13.1. The number of aryl methyl sites for hydroxylation is 6. The zero-order valence-electron chi connectivity index (χ0n) is 51.6. The van der Waals surface area contributed by atoms with Crippen LogP contribution in [0.25, 0.3) is 81.2 Å². The van der Waals surface area contributed by atoms with Crippen molar-refractivity contribution >= 4 is 76.1 Å². The Hall–Kier alpha value is -8.45. The Morgan fingerprint density at radius 2 is 1.05 bits per heavy atom. The maximum absolute atomic E-state index is 7.45. The van der Waals surface area contributed by atoms with Crippen LogP contribution in [-0.2, 0) is 16.2 Å². The topological polar surface area (TPSA) is 33.5 Å². The van der Waals surface area contributed by atoms with Crippen LogP contribution < -0.4 is 14.5 Å². The molecule has 0 unspecified atom stereocenters. The third-order valence-corrected chi connectivity index (χ3v) is 18.6. The van der Waals surface area contributed by atoms with Gasteiger partial charge >= 0.3 is 0 Å². The van der Waals surface area contributed by atoms with E-state index in [1.807, 2.05) is 17.5 Å². The van der Waals surface area contributed by atoms with Crippen LogP contribution in [0, 0.1) is 41.5 Å². The van der Waals surface area contributed by atoms with Gasteiger partial charge in [0.2, 0.25) is 0 Å². The SMILES string of the molecule is Cc1cc(C)c(-c2cccc(-c3c(C)cc(C)cc3C)c2N2CN(c3cc(Oc4ccc5c6c7sc8ccccc8c7ccc6n(-c6cc(C(C)(C)C)ccn6)c5c4)cc(-c4c(C(C)(C)C)cccc4C(C)(C)C)c3)c3ccccc32)c(C)c1. The smallest absolute Gasteiger partial charge is 0.137 e. The first-order valence-electron chi connectivity index (χ1n) is 29.8. The molecule has 0 saturated heterocycles. The van der Waals surface area contributed by atoms with Crippen molar-refractivity contribution < 1.29 is 4.74 Å². The van der Waals surface area contributed by atoms with Crippen molar-refractivity contribution in [1.82, 2.24) is 9.55 Å². The minimum absolute atomic E-state index is 0.0679. The molecule has 1 aliphatic heterocycles. The van der Waals surface area contributed by atoms with E-state index in [1.54, 1.807) is 0 Å². The zero-order chi connectivity index (χ0) is 58.9. The van der Waals surface area contributed by atoms with Crippen molar-refractivity contribution in [2.45, 2.75) is 120 Å². The second-order valence-corrected chi connectivity index (χ2v) is 27.9. The van der Waals surface area contributed by atoms with Crippen molar-refractivity contribution in [1.29, 1.82) is 0 Å². The van der Waals surface area contributed by atoms with Crippen molar-refractivity contribution in [3.8, 4) is 50.7 Å². The molecule has 420 valence electrons. The molecular weight excluding hydrogens is 1040 g/mol. The van der Waals surface area contributed by atoms with Gasteiger partial charge in [0.15, 0.2) is 0 Å². The molecular formula is C78H76N4OS. The number of nitrogens with zero attached hydrogens (tertiary/aromatic N) is 4. The van der Waals surface area contributed by atoms with E-state index in [1.165, 1.54) is 115 Å². The Morgan fingerprint density at radius 1 is 0.464 bits per heavy atom. The Bertz CT molecular complexity index is 4490. The van der Waals surface area contributed by atoms with Crippen LogP contribution >= 0.6 is 11.3 Å². The highest BCUT2D eigenvalue weighted by molar-refractivity contribution is 7.26. The molecule has 9 aromatic carbocycles. The van der Waals surface area contributed by atoms with Crippen molar-refractivity contribution in [2.24, 2.45) is 0 Å². The predicted octanol–water partition coefficient (Wildman–Crippen LogP) is 22.3. The standard InChI is InChI=1S/C78H76N4OS/c1-46-36-48(3)70(49(4)37-46)60-23-20-24-61(71-50(5)38-47(2)39-51(71)6)74(60)81-45-80(64-27-17-18-28-65(64)81)54-40-52(72-62(77(10,11)12)25-21-26-63(72)78(13,14)15)41-56(43-54)83-55-30-31-59-67(44-55)82(69-42-53(34-35-79-69)76(7,8)9)66-33-32-58-57-22-16-19-29-68(57)84-75(58)73(59)66/h16-44H,45H2,1-15H3. The van der Waals surface area contributed by atoms with Gasteiger partial charge in [-0.25, -0.2) is 4.98 Å². The predicted molar refractivity (Wildman–Crippen MR) is 361 cm³/mol. The van der Waals surface area contributed by atoms with Gasteiger partial charge in [0.1, 0.15) is 24.0 Å². The monoisotopic (exact) mass is 1120 g/mol. The van der Waals surface area contributed by atoms with E-state index in [0.717, 1.165) is 51.0 Å². The molecule has 0 fully saturated rings. The van der Waals surface area contributed by atoms with E-state index in [9.17, 15) is 0 Å². The summed E-state index contributed by atoms with van der Waals surface area (Å²) < 4.78 is 12.4. The van der Waals surface area contributed by atoms with Crippen molar-refractivity contribution in [3.05, 3.63) is 226 Å². The fraction of sp³-hybridized carbons (Fsp3) is 0.244. The van der Waals surface area contributed by atoms with Gasteiger partial charge in [-0.15, -0.1) is 11.3 Å². The minimum Gasteiger partial charge on any atom is -0.457 e. The molecule has 5 nitrogen and oxygen atoms in total. The highest BCUT2D eigenvalue weighted by atomic mass is 32.1. The van der Waals surface area contributed by atoms with Crippen LogP contribution in [0.3, 0.4) is 0 Å². The number of hydrogen-bond acceptors (Lipinski definition) is 5. The van der Waals surface area contributed by atoms with E-state index in [4.69, 9.17) is 9.72 Å². The number of thiophene rings is 1. The lowest BCUT2D eigenvalue weighted by molar-refractivity contribution is 0.483. The highest BCUT2D eigenvalue weighted by Crippen LogP contribution is 2.54. The van der Waals surface area contributed by atoms with Gasteiger partial charge < -0.3 is 14.5 Å². The number of anilines is 4. The van der Waals surface area contributed by atoms with Crippen LogP contribution in [0.15, 0.2) is 176 Å². The molecule has 0 radical (unpaired) electrons. The first kappa shape index (κ1) is 54.8. The third-order valence-electron chi connectivity index (χ3n) is 17.4. The largest absolute Gasteiger partial charge is 0.457 e. The van der Waals surface area contributed by atoms with Gasteiger partial charge in [-0.05, 0) is 180 Å². The van der Waals surface area contributed by atoms with E-state index in [0.29, 0.717) is 6.67 Å². The number of hydrogen-bond donors (Lipinski definition) is 0. The fourth-order valence-corrected chi connectivity index (χ4v) is 15.1. The molecule has 6 heteroatoms. The second kappa shape index (κ2) is 20.1. The van der Waals surface area contributed by atoms with Gasteiger partial charge in [0, 0.05) is 66.1 Å². The Balaban J connectivity index is 1.03. The van der Waals surface area contributed by atoms with Crippen LogP contribution in [0.1, 0.15) is 112 Å². The number of ether oxygens (including phenoxy) is 1. The summed E-state index contributed by atoms with van der Waals surface area (Å²) in [6.07, 6.45) is 1.96. The molecule has 0 aliphatic carbocycles. The number of benzene rings is 9. The highest BCUT2D eigenvalue weighted by Gasteiger charge is 2.34. The van der Waals surface area contributed by atoms with E-state index in [2.05, 4.69) is 288 Å². The molecule has 0 saturated carbocycles. The summed E-state index contributed by atoms with van der Waals surface area (Å²) in [5, 5.41) is 4.96. The average molecular weight is 1120 g/mol. The zero-order valence-corrected chi connectivity index (χ0v) is 52.4. The van der Waals surface area contributed by atoms with Gasteiger partial charge in [0.25, 0.3) is 0 Å². The molecule has 0 spiro atoms. The van der Waals surface area contributed by atoms with Crippen molar-refractivity contribution in [2.75, 3.05) is 16.5 Å². The molecule has 0 bridgehead atoms. The lowest BCUT2D eigenvalue weighted by Crippen LogP contribution is -2.25. The van der Waals surface area contributed by atoms with Gasteiger partial charge in [-0.2, -0.15) is 0 Å². The lowest BCUT2D eigenvalue weighted by atomic mass is 9.74. The Morgan fingerprint density at radius 3 is 1.67 bits per heavy atom. The maximum Gasteiger partial charge on any atom is 0.137 e. The van der Waals surface area contributed by atoms with Gasteiger partial charge in [0.05, 0.1) is 28.1 Å². The first-order valence-corrected chi connectivity index (χ1v) is 30.6. The molecule has 0 N–H and O–H groups in total. The van der Waals surface area contributed by atoms with Crippen LogP contribution in [0.5, 0.6) is 11.5 Å². The maximum atomic E-state index is 7.45. The molecule has 0 amide bonds. The fourth-order valence-electron chi connectivity index (χ4n) is 13.8. The summed E-state index contributed by atoms with van der Waals surface area (Å²) in [6.45, 7) is 34.9. The Labute approximate surface area is 500 Å². The number of fused-ring (bicyclic) bond motifs is 8. The van der Waals surface area contributed by atoms with Crippen LogP contribution in [-0.4, -0.2) is 16.2 Å². The number of pyridine rings is 1. The van der Waals surface area contributed by atoms with E-state index < -0.39 is 0 Å². The van der Waals surface area contributed by atoms with E-state index >= 15 is 0 Å². The van der Waals surface area contributed by atoms with Crippen LogP contribution in [0.4, 0.5) is 22.7 Å². The first-order chi connectivity index (χ1) is 40.0. The number of rotatable bonds is 8. The van der Waals surface area contributed by atoms with Gasteiger partial charge in [-0.1, -0.05) is 171 Å². The molecule has 3 aromatic heterocycles. The lowest BCUT2D eigenvalue weighted by Gasteiger charge is -2.31. The van der Waals surface area contributed by atoms with Gasteiger partial charge in [-0.3, -0.25) is 4.57 Å². The number of aromatic nitrogens is 2. The normalized spacial score (nSPS) is 13.1. The molecule has 84 heavy (non-hydrogen) atoms. The summed E-state index contributed by atoms with van der Waals surface area (Å²) in [5.74, 6) is 2.41. The molecule has 12 aromatic rings. The third kappa shape index (κ3) is 9.34. The summed E-state index contributed by atoms with van der Waals surface area (Å²) in [4.78, 5) is 10.2. The quantitative estimate of drug-likeness (QED) is 0.152. The summed E-state index contributed by atoms with van der Waals surface area (Å²) in [5.41, 5.74) is 25.2. The molecule has 13 rings (SSSR count). The second-order valence-electron chi connectivity index (χ2n) is 26.9. The summed E-state index contributed by atoms with van der Waals surface area (Å²) >= 11 is 1.87. The summed E-state index contributed by atoms with van der Waals surface area (Å²) in [7, 11) is 0. The molecule has 1 aliphatic rings. The van der Waals surface area contributed by atoms with E-state index in [-0.39, 0.29) is 16.2 Å².